The SMILES string of the molecule is C=C(CC(C)OC(=O)NCC1CC2CC2CC1CNC(=O)OC(C)CC(=C)C(=O)O)C(=O)O. The lowest BCUT2D eigenvalue weighted by atomic mass is 9.79. The first-order valence-electron chi connectivity index (χ1n) is 11.2. The van der Waals surface area contributed by atoms with Gasteiger partial charge in [-0.3, -0.25) is 0 Å². The van der Waals surface area contributed by atoms with Crippen LogP contribution in [0, 0.1) is 23.7 Å². The van der Waals surface area contributed by atoms with Gasteiger partial charge in [0.1, 0.15) is 12.2 Å². The van der Waals surface area contributed by atoms with Crippen LogP contribution in [0.4, 0.5) is 9.59 Å². The van der Waals surface area contributed by atoms with Crippen LogP contribution in [0.3, 0.4) is 0 Å². The molecule has 2 aliphatic rings. The molecule has 2 saturated carbocycles. The summed E-state index contributed by atoms with van der Waals surface area (Å²) in [6.45, 7) is 10.9. The maximum Gasteiger partial charge on any atom is 0.407 e. The summed E-state index contributed by atoms with van der Waals surface area (Å²) in [5.41, 5.74) is -0.0519. The molecule has 10 heteroatoms. The molecular weight excluding hydrogens is 432 g/mol. The van der Waals surface area contributed by atoms with E-state index in [1.807, 2.05) is 0 Å². The van der Waals surface area contributed by atoms with Gasteiger partial charge >= 0.3 is 24.1 Å². The number of hydrogen-bond donors (Lipinski definition) is 4. The van der Waals surface area contributed by atoms with E-state index in [0.29, 0.717) is 24.9 Å². The van der Waals surface area contributed by atoms with Crippen LogP contribution in [0.5, 0.6) is 0 Å². The summed E-state index contributed by atoms with van der Waals surface area (Å²) in [6, 6.07) is 0. The maximum absolute atomic E-state index is 12.1. The van der Waals surface area contributed by atoms with E-state index in [0.717, 1.165) is 19.3 Å². The van der Waals surface area contributed by atoms with Crippen molar-refractivity contribution < 1.29 is 38.9 Å². The van der Waals surface area contributed by atoms with Crippen LogP contribution in [0.15, 0.2) is 24.3 Å². The molecule has 0 aromatic heterocycles. The molecule has 0 heterocycles. The normalized spacial score (nSPS) is 24.9. The molecule has 4 N–H and O–H groups in total. The third kappa shape index (κ3) is 8.78. The van der Waals surface area contributed by atoms with E-state index in [1.54, 1.807) is 13.8 Å². The summed E-state index contributed by atoms with van der Waals surface area (Å²) in [6.07, 6.45) is 0.697. The van der Waals surface area contributed by atoms with Crippen molar-refractivity contribution >= 4 is 24.1 Å². The topological polar surface area (TPSA) is 151 Å². The number of carboxylic acid groups (broad SMARTS) is 2. The zero-order valence-corrected chi connectivity index (χ0v) is 19.2. The molecule has 0 saturated heterocycles. The summed E-state index contributed by atoms with van der Waals surface area (Å²) in [5, 5.41) is 23.3. The second-order valence-electron chi connectivity index (χ2n) is 9.17. The molecule has 0 spiro atoms. The lowest BCUT2D eigenvalue weighted by molar-refractivity contribution is -0.134. The Morgan fingerprint density at radius 2 is 1.15 bits per heavy atom. The maximum atomic E-state index is 12.1. The number of nitrogens with one attached hydrogen (secondary N) is 2. The Balaban J connectivity index is 1.76. The first-order valence-corrected chi connectivity index (χ1v) is 11.2. The molecule has 0 aliphatic heterocycles. The van der Waals surface area contributed by atoms with Gasteiger partial charge in [-0.15, -0.1) is 0 Å². The quantitative estimate of drug-likeness (QED) is 0.321. The monoisotopic (exact) mass is 466 g/mol. The predicted octanol–water partition coefficient (Wildman–Crippen LogP) is 2.94. The van der Waals surface area contributed by atoms with Crippen LogP contribution >= 0.6 is 0 Å². The van der Waals surface area contributed by atoms with E-state index in [2.05, 4.69) is 23.8 Å². The fourth-order valence-corrected chi connectivity index (χ4v) is 4.38. The number of rotatable bonds is 12. The zero-order chi connectivity index (χ0) is 24.7. The molecule has 2 amide bonds. The summed E-state index contributed by atoms with van der Waals surface area (Å²) >= 11 is 0. The number of carbonyl (C=O) groups excluding carboxylic acids is 2. The Kier molecular flexibility index (Phi) is 9.31. The molecular formula is C23H34N2O8. The van der Waals surface area contributed by atoms with Gasteiger partial charge in [0.2, 0.25) is 0 Å². The van der Waals surface area contributed by atoms with Gasteiger partial charge < -0.3 is 30.3 Å². The minimum atomic E-state index is -1.12. The van der Waals surface area contributed by atoms with Crippen LogP contribution in [0.25, 0.3) is 0 Å². The van der Waals surface area contributed by atoms with Crippen LogP contribution in [-0.2, 0) is 19.1 Å². The van der Waals surface area contributed by atoms with Gasteiger partial charge in [0.15, 0.2) is 0 Å². The smallest absolute Gasteiger partial charge is 0.407 e. The molecule has 0 bridgehead atoms. The van der Waals surface area contributed by atoms with Crippen molar-refractivity contribution in [2.24, 2.45) is 23.7 Å². The molecule has 2 fully saturated rings. The second kappa shape index (κ2) is 11.7. The van der Waals surface area contributed by atoms with E-state index in [9.17, 15) is 19.2 Å². The lowest BCUT2D eigenvalue weighted by Crippen LogP contribution is -2.41. The fraction of sp³-hybridized carbons (Fsp3) is 0.652. The van der Waals surface area contributed by atoms with Crippen molar-refractivity contribution in [1.82, 2.24) is 10.6 Å². The number of alkyl carbamates (subject to hydrolysis) is 2. The molecule has 2 aliphatic carbocycles. The van der Waals surface area contributed by atoms with Gasteiger partial charge in [-0.25, -0.2) is 19.2 Å². The molecule has 10 nitrogen and oxygen atoms in total. The number of carbonyl (C=O) groups is 4. The number of amides is 2. The number of carboxylic acids is 2. The van der Waals surface area contributed by atoms with E-state index < -0.39 is 36.3 Å². The van der Waals surface area contributed by atoms with Crippen molar-refractivity contribution in [3.8, 4) is 0 Å². The third-order valence-corrected chi connectivity index (χ3v) is 6.25. The first kappa shape index (κ1) is 26.2. The summed E-state index contributed by atoms with van der Waals surface area (Å²) in [5.74, 6) is -0.624. The number of hydrogen-bond acceptors (Lipinski definition) is 6. The minimum Gasteiger partial charge on any atom is -0.478 e. The van der Waals surface area contributed by atoms with Crippen molar-refractivity contribution in [3.05, 3.63) is 24.3 Å². The molecule has 6 unspecified atom stereocenters. The summed E-state index contributed by atoms with van der Waals surface area (Å²) < 4.78 is 10.4. The van der Waals surface area contributed by atoms with Gasteiger partial charge in [-0.1, -0.05) is 13.2 Å². The van der Waals surface area contributed by atoms with Gasteiger partial charge in [0.25, 0.3) is 0 Å². The van der Waals surface area contributed by atoms with E-state index in [1.165, 1.54) is 0 Å². The Hall–Kier alpha value is -3.04. The third-order valence-electron chi connectivity index (χ3n) is 6.25. The average Bonchev–Trinajstić information content (AvgIpc) is 3.47. The Bertz CT molecular complexity index is 731. The Morgan fingerprint density at radius 1 is 0.788 bits per heavy atom. The minimum absolute atomic E-state index is 0.0260. The highest BCUT2D eigenvalue weighted by Gasteiger charge is 2.46. The van der Waals surface area contributed by atoms with Crippen molar-refractivity contribution in [1.29, 1.82) is 0 Å². The van der Waals surface area contributed by atoms with Crippen molar-refractivity contribution in [3.63, 3.8) is 0 Å². The van der Waals surface area contributed by atoms with Gasteiger partial charge in [0.05, 0.1) is 0 Å². The average molecular weight is 467 g/mol. The molecule has 0 radical (unpaired) electrons. The lowest BCUT2D eigenvalue weighted by Gasteiger charge is -2.31. The Morgan fingerprint density at radius 3 is 1.48 bits per heavy atom. The second-order valence-corrected chi connectivity index (χ2v) is 9.17. The first-order chi connectivity index (χ1) is 15.5. The molecule has 33 heavy (non-hydrogen) atoms. The van der Waals surface area contributed by atoms with Crippen LogP contribution in [0.1, 0.15) is 46.0 Å². The van der Waals surface area contributed by atoms with Gasteiger partial charge in [-0.2, -0.15) is 0 Å². The molecule has 6 atom stereocenters. The highest BCUT2D eigenvalue weighted by atomic mass is 16.6. The fourth-order valence-electron chi connectivity index (χ4n) is 4.38. The van der Waals surface area contributed by atoms with Gasteiger partial charge in [-0.05, 0) is 56.8 Å². The summed E-state index contributed by atoms with van der Waals surface area (Å²) in [7, 11) is 0. The number of fused-ring (bicyclic) bond motifs is 1. The van der Waals surface area contributed by atoms with Crippen LogP contribution in [-0.4, -0.2) is 59.6 Å². The highest BCUT2D eigenvalue weighted by Crippen LogP contribution is 2.53. The van der Waals surface area contributed by atoms with E-state index in [-0.39, 0.29) is 35.8 Å². The zero-order valence-electron chi connectivity index (χ0n) is 19.2. The Labute approximate surface area is 193 Å². The number of aliphatic carboxylic acids is 2. The van der Waals surface area contributed by atoms with Crippen LogP contribution in [0.2, 0.25) is 0 Å². The van der Waals surface area contributed by atoms with Crippen molar-refractivity contribution in [2.75, 3.05) is 13.1 Å². The standard InChI is InChI=1S/C23H34N2O8/c1-12(20(26)27)5-14(3)32-22(30)24-10-18-8-16-7-17(16)9-19(18)11-25-23(31)33-15(4)6-13(2)21(28)29/h14-19H,1-2,5-11H2,3-4H3,(H,24,30)(H,25,31)(H,26,27)(H,28,29). The molecule has 0 aromatic rings. The number of ether oxygens (including phenoxy) is 2. The summed E-state index contributed by atoms with van der Waals surface area (Å²) in [4.78, 5) is 45.9. The molecule has 184 valence electrons. The largest absolute Gasteiger partial charge is 0.478 e. The predicted molar refractivity (Wildman–Crippen MR) is 118 cm³/mol. The highest BCUT2D eigenvalue weighted by molar-refractivity contribution is 5.86. The van der Waals surface area contributed by atoms with Crippen LogP contribution < -0.4 is 10.6 Å². The van der Waals surface area contributed by atoms with E-state index >= 15 is 0 Å². The van der Waals surface area contributed by atoms with Gasteiger partial charge in [0, 0.05) is 37.1 Å². The van der Waals surface area contributed by atoms with E-state index in [4.69, 9.17) is 19.7 Å². The molecule has 0 aromatic carbocycles. The molecule has 2 rings (SSSR count). The van der Waals surface area contributed by atoms with Crippen molar-refractivity contribution in [2.45, 2.75) is 58.2 Å².